The number of carbonyl (C=O) groups excluding carboxylic acids is 3. The van der Waals surface area contributed by atoms with Gasteiger partial charge in [-0.2, -0.15) is 9.29 Å². The van der Waals surface area contributed by atoms with Crippen molar-refractivity contribution >= 4 is 39.2 Å². The highest BCUT2D eigenvalue weighted by Crippen LogP contribution is 2.60. The van der Waals surface area contributed by atoms with Gasteiger partial charge in [-0.3, -0.25) is 28.0 Å². The van der Waals surface area contributed by atoms with Crippen molar-refractivity contribution in [2.45, 2.75) is 217 Å². The SMILES string of the molecule is CCCCCCCC/C=C\CCCCCCCC(=O)OC[C@@H]1COP(=O)(O)OP(=O)(O)OC[C@H]2O[C@@H](n3ccc(N)nc3=O)[C@@H](CC(=O)CCCCC(=O)O1)[C@@H](O)C[C@@H](O)[C@H](/C=C\[C@@H](O)CCCCC)[C@H](O)[C@@H]2O. The van der Waals surface area contributed by atoms with Crippen LogP contribution in [0.4, 0.5) is 5.82 Å². The van der Waals surface area contributed by atoms with E-state index in [1.807, 2.05) is 6.92 Å². The highest BCUT2D eigenvalue weighted by molar-refractivity contribution is 7.61. The lowest BCUT2D eigenvalue weighted by molar-refractivity contribution is -0.196. The van der Waals surface area contributed by atoms with Gasteiger partial charge in [0.1, 0.15) is 36.6 Å². The number of aliphatic hydroxyl groups is 5. The minimum Gasteiger partial charge on any atom is -0.462 e. The molecule has 0 radical (unpaired) electrons. The average molecular weight is 1090 g/mol. The smallest absolute Gasteiger partial charge is 0.462 e. The second-order valence-corrected chi connectivity index (χ2v) is 22.4. The van der Waals surface area contributed by atoms with E-state index in [4.69, 9.17) is 29.0 Å². The first-order valence-electron chi connectivity index (χ1n) is 26.5. The number of aliphatic hydroxyl groups excluding tert-OH is 5. The van der Waals surface area contributed by atoms with Crippen LogP contribution in [0.25, 0.3) is 0 Å². The Hall–Kier alpha value is -3.21. The molecule has 9 N–H and O–H groups in total. The quantitative estimate of drug-likeness (QED) is 0.0235. The van der Waals surface area contributed by atoms with Crippen LogP contribution in [0, 0.1) is 11.8 Å². The molecular formula is C50H85N3O19P2. The summed E-state index contributed by atoms with van der Waals surface area (Å²) in [5.41, 5.74) is 4.67. The highest BCUT2D eigenvalue weighted by atomic mass is 31.3. The van der Waals surface area contributed by atoms with Crippen LogP contribution in [0.5, 0.6) is 0 Å². The van der Waals surface area contributed by atoms with E-state index >= 15 is 0 Å². The number of anilines is 1. The van der Waals surface area contributed by atoms with Gasteiger partial charge in [0, 0.05) is 50.1 Å². The fraction of sp³-hybridized carbons (Fsp3) is 0.780. The van der Waals surface area contributed by atoms with Crippen LogP contribution in [0.15, 0.2) is 41.4 Å². The van der Waals surface area contributed by atoms with Crippen LogP contribution in [0.1, 0.15) is 174 Å². The number of allylic oxidation sites excluding steroid dienone is 2. The zero-order chi connectivity index (χ0) is 54.5. The zero-order valence-corrected chi connectivity index (χ0v) is 45.0. The Morgan fingerprint density at radius 1 is 0.838 bits per heavy atom. The molecule has 2 bridgehead atoms. The fourth-order valence-corrected chi connectivity index (χ4v) is 10.8. The summed E-state index contributed by atoms with van der Waals surface area (Å²) in [6.45, 7) is 1.31. The number of rotatable bonds is 24. The van der Waals surface area contributed by atoms with Crippen LogP contribution in [0.2, 0.25) is 0 Å². The molecule has 74 heavy (non-hydrogen) atoms. The maximum absolute atomic E-state index is 13.7. The Kier molecular flexibility index (Phi) is 31.0. The molecule has 12 atom stereocenters. The maximum atomic E-state index is 13.7. The first kappa shape index (κ1) is 65.1. The van der Waals surface area contributed by atoms with E-state index in [2.05, 4.69) is 28.4 Å². The van der Waals surface area contributed by atoms with E-state index in [9.17, 15) is 63.6 Å². The van der Waals surface area contributed by atoms with Crippen molar-refractivity contribution in [3.63, 3.8) is 0 Å². The molecular weight excluding hydrogens is 1010 g/mol. The molecule has 424 valence electrons. The minimum atomic E-state index is -5.76. The summed E-state index contributed by atoms with van der Waals surface area (Å²) in [6.07, 6.45) is 9.26. The molecule has 2 saturated heterocycles. The predicted molar refractivity (Wildman–Crippen MR) is 273 cm³/mol. The number of ether oxygens (including phenoxy) is 3. The first-order valence-corrected chi connectivity index (χ1v) is 29.5. The van der Waals surface area contributed by atoms with Gasteiger partial charge in [-0.1, -0.05) is 109 Å². The van der Waals surface area contributed by atoms with Crippen molar-refractivity contribution in [3.8, 4) is 0 Å². The van der Waals surface area contributed by atoms with Gasteiger partial charge in [0.05, 0.1) is 37.6 Å². The third kappa shape index (κ3) is 25.8. The van der Waals surface area contributed by atoms with E-state index in [0.717, 1.165) is 62.1 Å². The summed E-state index contributed by atoms with van der Waals surface area (Å²) in [4.78, 5) is 77.8. The summed E-state index contributed by atoms with van der Waals surface area (Å²) in [5, 5.41) is 57.4. The Bertz CT molecular complexity index is 2020. The number of hydrogen-bond donors (Lipinski definition) is 8. The second kappa shape index (κ2) is 35.3. The lowest BCUT2D eigenvalue weighted by Gasteiger charge is -2.40. The summed E-state index contributed by atoms with van der Waals surface area (Å²) >= 11 is 0. The minimum absolute atomic E-state index is 0.0449. The van der Waals surface area contributed by atoms with Crippen molar-refractivity contribution in [2.24, 2.45) is 11.8 Å². The molecule has 1 aromatic rings. The Morgan fingerprint density at radius 3 is 2.11 bits per heavy atom. The predicted octanol–water partition coefficient (Wildman–Crippen LogP) is 6.56. The van der Waals surface area contributed by atoms with Gasteiger partial charge in [0.25, 0.3) is 0 Å². The molecule has 2 fully saturated rings. The molecule has 3 heterocycles. The maximum Gasteiger partial charge on any atom is 0.481 e. The van der Waals surface area contributed by atoms with Gasteiger partial charge >= 0.3 is 33.3 Å². The van der Waals surface area contributed by atoms with Crippen LogP contribution in [-0.2, 0) is 51.1 Å². The van der Waals surface area contributed by atoms with E-state index < -0.39 is 133 Å². The Morgan fingerprint density at radius 2 is 1.45 bits per heavy atom. The van der Waals surface area contributed by atoms with Gasteiger partial charge in [0.2, 0.25) is 0 Å². The lowest BCUT2D eigenvalue weighted by Crippen LogP contribution is -2.52. The third-order valence-corrected chi connectivity index (χ3v) is 15.6. The van der Waals surface area contributed by atoms with Crippen LogP contribution < -0.4 is 11.4 Å². The van der Waals surface area contributed by atoms with Crippen molar-refractivity contribution in [1.29, 1.82) is 0 Å². The van der Waals surface area contributed by atoms with E-state index in [0.29, 0.717) is 19.3 Å². The zero-order valence-electron chi connectivity index (χ0n) is 43.2. The molecule has 0 saturated carbocycles. The number of unbranched alkanes of at least 4 members (excludes halogenated alkanes) is 13. The number of hydrogen-bond acceptors (Lipinski definition) is 19. The topological polar surface area (TPSA) is 343 Å². The molecule has 24 heteroatoms. The number of Topliss-reactive ketones (excluding diaryl/α,β-unsaturated/α-hetero) is 1. The van der Waals surface area contributed by atoms with Crippen LogP contribution in [0.3, 0.4) is 0 Å². The van der Waals surface area contributed by atoms with Gasteiger partial charge < -0.3 is 55.3 Å². The summed E-state index contributed by atoms with van der Waals surface area (Å²) in [7, 11) is -11.4. The number of nitrogens with zero attached hydrogens (tertiary/aromatic N) is 2. The van der Waals surface area contributed by atoms with Gasteiger partial charge in [0.15, 0.2) is 6.10 Å². The van der Waals surface area contributed by atoms with Gasteiger partial charge in [-0.15, -0.1) is 0 Å². The number of carbonyl (C=O) groups is 3. The van der Waals surface area contributed by atoms with E-state index in [1.165, 1.54) is 56.7 Å². The van der Waals surface area contributed by atoms with Crippen molar-refractivity contribution in [2.75, 3.05) is 25.6 Å². The largest absolute Gasteiger partial charge is 0.481 e. The second-order valence-electron chi connectivity index (χ2n) is 19.3. The number of ketones is 1. The molecule has 0 amide bonds. The number of fused-ring (bicyclic) bond motifs is 3. The summed E-state index contributed by atoms with van der Waals surface area (Å²) in [6, 6.07) is 1.18. The average Bonchev–Trinajstić information content (AvgIpc) is 3.33. The summed E-state index contributed by atoms with van der Waals surface area (Å²) in [5.74, 6) is -5.17. The number of aromatic nitrogens is 2. The summed E-state index contributed by atoms with van der Waals surface area (Å²) < 4.78 is 58.7. The third-order valence-electron chi connectivity index (χ3n) is 13.0. The number of phosphoric acid groups is 2. The fourth-order valence-electron chi connectivity index (χ4n) is 8.71. The van der Waals surface area contributed by atoms with Crippen molar-refractivity contribution in [1.82, 2.24) is 9.55 Å². The van der Waals surface area contributed by atoms with Crippen molar-refractivity contribution < 1.29 is 86.4 Å². The number of phosphoric ester groups is 2. The molecule has 2 aliphatic heterocycles. The molecule has 22 nitrogen and oxygen atoms in total. The molecule has 3 rings (SSSR count). The van der Waals surface area contributed by atoms with Crippen molar-refractivity contribution in [3.05, 3.63) is 47.1 Å². The standard InChI is InChI=1S/C50H85N3O19P2/c1-3-5-7-8-9-10-11-12-13-14-15-16-17-18-20-25-45(58)67-33-38-34-68-73(63,64)72-74(65,66)69-35-43-48(61)47(60)39(28-27-36(54)23-19-6-4-2)41(56)32-42(57)40(31-37(55)24-21-22-26-46(59)70-38)49(71-43)53-30-29-44(51)52-50(53)62/h12-13,27-30,36,38-43,47-49,54,56-57,60-61H,3-11,14-26,31-35H2,1-2H3,(H,63,64)(H,65,66)(H2,51,52,62)/b13-12-,28-27-/t36-,38+,39-,40-,41+,42-,43+,47-,48+,49+/m0/s1. The molecule has 0 aromatic carbocycles. The van der Waals surface area contributed by atoms with E-state index in [-0.39, 0.29) is 37.9 Å². The molecule has 0 spiro atoms. The number of cyclic esters (lactones) is 1. The Labute approximate surface area is 435 Å². The van der Waals surface area contributed by atoms with Crippen LogP contribution >= 0.6 is 15.6 Å². The Balaban J connectivity index is 1.79. The first-order chi connectivity index (χ1) is 35.3. The van der Waals surface area contributed by atoms with Gasteiger partial charge in [-0.25, -0.2) is 13.9 Å². The molecule has 2 unspecified atom stereocenters. The van der Waals surface area contributed by atoms with Crippen LogP contribution in [-0.4, -0.2) is 125 Å². The lowest BCUT2D eigenvalue weighted by atomic mass is 9.82. The molecule has 2 aliphatic rings. The normalized spacial score (nSPS) is 30.0. The molecule has 1 aromatic heterocycles. The number of nitrogens with two attached hydrogens (primary N) is 1. The number of nitrogen functional groups attached to an aromatic ring is 1. The molecule has 0 aliphatic carbocycles. The number of esters is 2. The monoisotopic (exact) mass is 1090 g/mol. The highest BCUT2D eigenvalue weighted by Gasteiger charge is 2.45. The van der Waals surface area contributed by atoms with E-state index in [1.54, 1.807) is 0 Å². The van der Waals surface area contributed by atoms with Gasteiger partial charge in [-0.05, 0) is 57.4 Å².